The van der Waals surface area contributed by atoms with Gasteiger partial charge in [0.2, 0.25) is 5.91 Å². The number of ether oxygens (including phenoxy) is 1. The Morgan fingerprint density at radius 1 is 1.36 bits per heavy atom. The van der Waals surface area contributed by atoms with Crippen LogP contribution in [0.1, 0.15) is 41.6 Å². The van der Waals surface area contributed by atoms with E-state index in [-0.39, 0.29) is 11.5 Å². The lowest BCUT2D eigenvalue weighted by Gasteiger charge is -2.53. The van der Waals surface area contributed by atoms with E-state index < -0.39 is 0 Å². The first-order chi connectivity index (χ1) is 12.0. The zero-order chi connectivity index (χ0) is 17.4. The topological polar surface area (TPSA) is 49.9 Å². The minimum atomic E-state index is -0.148. The van der Waals surface area contributed by atoms with Gasteiger partial charge in [-0.1, -0.05) is 17.7 Å². The highest BCUT2D eigenvalue weighted by Gasteiger charge is 2.48. The Labute approximate surface area is 148 Å². The summed E-state index contributed by atoms with van der Waals surface area (Å²) in [6.45, 7) is 5.82. The molecule has 3 saturated heterocycles. The Balaban J connectivity index is 1.28. The second-order valence-corrected chi connectivity index (χ2v) is 7.87. The molecule has 25 heavy (non-hydrogen) atoms. The van der Waals surface area contributed by atoms with Crippen molar-refractivity contribution in [2.75, 3.05) is 32.8 Å². The molecule has 3 aliphatic heterocycles. The third-order valence-corrected chi connectivity index (χ3v) is 5.79. The maximum atomic E-state index is 12.6. The van der Waals surface area contributed by atoms with Gasteiger partial charge in [-0.3, -0.25) is 9.59 Å². The second-order valence-electron chi connectivity index (χ2n) is 7.87. The van der Waals surface area contributed by atoms with Gasteiger partial charge in [0.15, 0.2) is 0 Å². The number of amides is 2. The quantitative estimate of drug-likeness (QED) is 0.846. The summed E-state index contributed by atoms with van der Waals surface area (Å²) in [5, 5.41) is 0. The lowest BCUT2D eigenvalue weighted by molar-refractivity contribution is -0.169. The average Bonchev–Trinajstić information content (AvgIpc) is 2.98. The molecule has 1 spiro atoms. The monoisotopic (exact) mass is 342 g/mol. The Kier molecular flexibility index (Phi) is 4.28. The zero-order valence-corrected chi connectivity index (χ0v) is 14.9. The smallest absolute Gasteiger partial charge is 0.254 e. The molecule has 0 radical (unpaired) electrons. The number of carbonyl (C=O) groups is 2. The van der Waals surface area contributed by atoms with Crippen LogP contribution in [0.25, 0.3) is 0 Å². The zero-order valence-electron chi connectivity index (χ0n) is 14.9. The van der Waals surface area contributed by atoms with Crippen molar-refractivity contribution in [3.63, 3.8) is 0 Å². The maximum Gasteiger partial charge on any atom is 0.254 e. The molecule has 3 fully saturated rings. The van der Waals surface area contributed by atoms with Crippen molar-refractivity contribution in [3.8, 4) is 0 Å². The first-order valence-corrected chi connectivity index (χ1v) is 9.32. The summed E-state index contributed by atoms with van der Waals surface area (Å²) in [6, 6.07) is 7.76. The molecule has 0 aliphatic carbocycles. The summed E-state index contributed by atoms with van der Waals surface area (Å²) in [5.41, 5.74) is 1.72. The van der Waals surface area contributed by atoms with Gasteiger partial charge in [-0.25, -0.2) is 0 Å². The molecule has 134 valence electrons. The van der Waals surface area contributed by atoms with Crippen molar-refractivity contribution >= 4 is 11.8 Å². The normalized spacial score (nSPS) is 25.3. The van der Waals surface area contributed by atoms with Crippen LogP contribution in [0.2, 0.25) is 0 Å². The maximum absolute atomic E-state index is 12.6. The van der Waals surface area contributed by atoms with E-state index >= 15 is 0 Å². The summed E-state index contributed by atoms with van der Waals surface area (Å²) in [5.74, 6) is 0.829. The Morgan fingerprint density at radius 2 is 2.20 bits per heavy atom. The van der Waals surface area contributed by atoms with Crippen LogP contribution in [0.15, 0.2) is 24.3 Å². The fourth-order valence-electron chi connectivity index (χ4n) is 4.27. The van der Waals surface area contributed by atoms with Crippen molar-refractivity contribution in [3.05, 3.63) is 35.4 Å². The van der Waals surface area contributed by atoms with Gasteiger partial charge in [0, 0.05) is 31.0 Å². The number of aryl methyl sites for hydroxylation is 1. The van der Waals surface area contributed by atoms with E-state index in [4.69, 9.17) is 4.74 Å². The van der Waals surface area contributed by atoms with E-state index in [1.54, 1.807) is 0 Å². The van der Waals surface area contributed by atoms with Gasteiger partial charge in [0.05, 0.1) is 19.7 Å². The SMILES string of the molecule is Cc1cccc(C(=O)N2CC3(CC[C@@H](CN4CCCC4=O)CO3)C2)c1. The van der Waals surface area contributed by atoms with Crippen LogP contribution in [-0.4, -0.2) is 60.0 Å². The predicted octanol–water partition coefficient (Wildman–Crippen LogP) is 2.24. The van der Waals surface area contributed by atoms with Crippen LogP contribution >= 0.6 is 0 Å². The van der Waals surface area contributed by atoms with Crippen LogP contribution in [0.4, 0.5) is 0 Å². The second kappa shape index (κ2) is 6.45. The van der Waals surface area contributed by atoms with Crippen LogP contribution < -0.4 is 0 Å². The van der Waals surface area contributed by atoms with E-state index in [2.05, 4.69) is 0 Å². The third kappa shape index (κ3) is 3.30. The molecule has 0 bridgehead atoms. The number of hydrogen-bond acceptors (Lipinski definition) is 3. The minimum absolute atomic E-state index is 0.0997. The van der Waals surface area contributed by atoms with Crippen LogP contribution in [0.5, 0.6) is 0 Å². The molecule has 5 heteroatoms. The predicted molar refractivity (Wildman–Crippen MR) is 94.3 cm³/mol. The fourth-order valence-corrected chi connectivity index (χ4v) is 4.27. The molecule has 0 unspecified atom stereocenters. The standard InChI is InChI=1S/C20H26N2O3/c1-15-4-2-5-17(10-15)19(24)22-13-20(14-22)8-7-16(12-25-20)11-21-9-3-6-18(21)23/h2,4-5,10,16H,3,6-9,11-14H2,1H3/t16-/m0/s1. The highest BCUT2D eigenvalue weighted by atomic mass is 16.5. The van der Waals surface area contributed by atoms with Gasteiger partial charge in [-0.2, -0.15) is 0 Å². The molecule has 1 aromatic rings. The molecule has 2 amide bonds. The molecule has 0 aromatic heterocycles. The van der Waals surface area contributed by atoms with Crippen molar-refractivity contribution in [1.29, 1.82) is 0 Å². The molecule has 1 aromatic carbocycles. The number of likely N-dealkylation sites (tertiary alicyclic amines) is 2. The minimum Gasteiger partial charge on any atom is -0.371 e. The summed E-state index contributed by atoms with van der Waals surface area (Å²) >= 11 is 0. The number of carbonyl (C=O) groups excluding carboxylic acids is 2. The molecule has 3 aliphatic rings. The summed E-state index contributed by atoms with van der Waals surface area (Å²) in [4.78, 5) is 28.2. The van der Waals surface area contributed by atoms with Gasteiger partial charge in [0.25, 0.3) is 5.91 Å². The molecular formula is C20H26N2O3. The van der Waals surface area contributed by atoms with Gasteiger partial charge in [-0.15, -0.1) is 0 Å². The van der Waals surface area contributed by atoms with E-state index in [1.807, 2.05) is 41.0 Å². The number of hydrogen-bond donors (Lipinski definition) is 0. The van der Waals surface area contributed by atoms with Crippen LogP contribution in [0.3, 0.4) is 0 Å². The van der Waals surface area contributed by atoms with Crippen LogP contribution in [-0.2, 0) is 9.53 Å². The fraction of sp³-hybridized carbons (Fsp3) is 0.600. The highest BCUT2D eigenvalue weighted by Crippen LogP contribution is 2.37. The number of rotatable bonds is 3. The van der Waals surface area contributed by atoms with Gasteiger partial charge in [0.1, 0.15) is 5.60 Å². The Morgan fingerprint density at radius 3 is 2.84 bits per heavy atom. The molecule has 5 nitrogen and oxygen atoms in total. The molecule has 0 saturated carbocycles. The van der Waals surface area contributed by atoms with Crippen molar-refractivity contribution in [1.82, 2.24) is 9.80 Å². The Hall–Kier alpha value is -1.88. The van der Waals surface area contributed by atoms with Gasteiger partial charge in [-0.05, 0) is 38.3 Å². The molecule has 1 atom stereocenters. The lowest BCUT2D eigenvalue weighted by Crippen LogP contribution is -2.66. The Bertz CT molecular complexity index is 671. The van der Waals surface area contributed by atoms with Gasteiger partial charge >= 0.3 is 0 Å². The molecule has 3 heterocycles. The molecular weight excluding hydrogens is 316 g/mol. The molecule has 4 rings (SSSR count). The summed E-state index contributed by atoms with van der Waals surface area (Å²) in [6.07, 6.45) is 3.76. The van der Waals surface area contributed by atoms with Gasteiger partial charge < -0.3 is 14.5 Å². The molecule has 0 N–H and O–H groups in total. The van der Waals surface area contributed by atoms with E-state index in [0.29, 0.717) is 37.9 Å². The summed E-state index contributed by atoms with van der Waals surface area (Å²) in [7, 11) is 0. The van der Waals surface area contributed by atoms with Crippen LogP contribution in [0, 0.1) is 12.8 Å². The first-order valence-electron chi connectivity index (χ1n) is 9.32. The largest absolute Gasteiger partial charge is 0.371 e. The third-order valence-electron chi connectivity index (χ3n) is 5.79. The van der Waals surface area contributed by atoms with E-state index in [1.165, 1.54) is 0 Å². The van der Waals surface area contributed by atoms with E-state index in [0.717, 1.165) is 43.5 Å². The highest BCUT2D eigenvalue weighted by molar-refractivity contribution is 5.95. The first kappa shape index (κ1) is 16.6. The number of nitrogens with zero attached hydrogens (tertiary/aromatic N) is 2. The number of benzene rings is 1. The average molecular weight is 342 g/mol. The van der Waals surface area contributed by atoms with E-state index in [9.17, 15) is 9.59 Å². The van der Waals surface area contributed by atoms with Crippen molar-refractivity contribution in [2.24, 2.45) is 5.92 Å². The van der Waals surface area contributed by atoms with Crippen molar-refractivity contribution < 1.29 is 14.3 Å². The van der Waals surface area contributed by atoms with Crippen molar-refractivity contribution in [2.45, 2.75) is 38.2 Å². The lowest BCUT2D eigenvalue weighted by atomic mass is 9.82. The summed E-state index contributed by atoms with van der Waals surface area (Å²) < 4.78 is 6.17.